The number of nitrogens with one attached hydrogen (secondary N) is 1. The van der Waals surface area contributed by atoms with Crippen LogP contribution in [0, 0.1) is 0 Å². The summed E-state index contributed by atoms with van der Waals surface area (Å²) in [4.78, 5) is 27.2. The van der Waals surface area contributed by atoms with Gasteiger partial charge in [-0.05, 0) is 55.8 Å². The zero-order valence-corrected chi connectivity index (χ0v) is 16.5. The van der Waals surface area contributed by atoms with E-state index in [2.05, 4.69) is 24.2 Å². The van der Waals surface area contributed by atoms with Crippen LogP contribution >= 0.6 is 23.2 Å². The van der Waals surface area contributed by atoms with Gasteiger partial charge >= 0.3 is 0 Å². The Kier molecular flexibility index (Phi) is 5.73. The van der Waals surface area contributed by atoms with Crippen molar-refractivity contribution in [3.8, 4) is 0 Å². The minimum absolute atomic E-state index is 0.0664. The topological polar surface area (TPSA) is 52.7 Å². The molecule has 27 heavy (non-hydrogen) atoms. The van der Waals surface area contributed by atoms with Gasteiger partial charge in [-0.3, -0.25) is 15.0 Å². The molecule has 1 fully saturated rings. The molecule has 1 aliphatic heterocycles. The average Bonchev–Trinajstić information content (AvgIpc) is 2.94. The summed E-state index contributed by atoms with van der Waals surface area (Å²) in [6, 6.07) is 12.5. The van der Waals surface area contributed by atoms with Crippen molar-refractivity contribution in [2.75, 3.05) is 23.0 Å². The Morgan fingerprint density at radius 1 is 1.00 bits per heavy atom. The summed E-state index contributed by atoms with van der Waals surface area (Å²) in [6.07, 6.45) is 1.58. The third-order valence-corrected chi connectivity index (χ3v) is 5.12. The molecular weight excluding hydrogens is 385 g/mol. The van der Waals surface area contributed by atoms with Gasteiger partial charge < -0.3 is 4.90 Å². The van der Waals surface area contributed by atoms with E-state index in [-0.39, 0.29) is 5.57 Å². The molecule has 2 aromatic carbocycles. The lowest BCUT2D eigenvalue weighted by Crippen LogP contribution is -2.35. The van der Waals surface area contributed by atoms with Crippen molar-refractivity contribution in [1.82, 2.24) is 5.43 Å². The normalized spacial score (nSPS) is 15.4. The van der Waals surface area contributed by atoms with Gasteiger partial charge in [0.1, 0.15) is 5.57 Å². The Labute approximate surface area is 168 Å². The van der Waals surface area contributed by atoms with Crippen molar-refractivity contribution >= 4 is 52.5 Å². The van der Waals surface area contributed by atoms with E-state index in [0.717, 1.165) is 24.3 Å². The molecule has 3 rings (SSSR count). The molecule has 0 bridgehead atoms. The van der Waals surface area contributed by atoms with Gasteiger partial charge in [-0.25, -0.2) is 5.01 Å². The molecule has 1 N–H and O–H groups in total. The third-order valence-electron chi connectivity index (χ3n) is 4.39. The number of halogens is 2. The van der Waals surface area contributed by atoms with Gasteiger partial charge in [0, 0.05) is 18.8 Å². The molecule has 0 aliphatic carbocycles. The summed E-state index contributed by atoms with van der Waals surface area (Å²) >= 11 is 11.9. The Balaban J connectivity index is 1.85. The minimum atomic E-state index is -0.459. The van der Waals surface area contributed by atoms with Gasteiger partial charge in [0.15, 0.2) is 0 Å². The fourth-order valence-electron chi connectivity index (χ4n) is 2.90. The summed E-state index contributed by atoms with van der Waals surface area (Å²) in [5.41, 5.74) is 4.94. The number of nitrogens with zero attached hydrogens (tertiary/aromatic N) is 2. The maximum absolute atomic E-state index is 12.7. The molecule has 0 aromatic heterocycles. The standard InChI is InChI=1S/C20H19Cl2N3O2/c1-3-24(4-2)14-7-5-13(6-8-14)11-16-19(26)23-25(20(16)27)15-9-10-17(21)18(22)12-15/h5-12H,3-4H2,1-2H3,(H,23,26). The average molecular weight is 404 g/mol. The van der Waals surface area contributed by atoms with Gasteiger partial charge in [-0.1, -0.05) is 35.3 Å². The van der Waals surface area contributed by atoms with Crippen LogP contribution in [0.4, 0.5) is 11.4 Å². The van der Waals surface area contributed by atoms with Crippen LogP contribution in [0.3, 0.4) is 0 Å². The molecule has 1 heterocycles. The van der Waals surface area contributed by atoms with Gasteiger partial charge in [0.25, 0.3) is 11.8 Å². The molecule has 0 atom stereocenters. The van der Waals surface area contributed by atoms with Crippen LogP contribution in [-0.2, 0) is 9.59 Å². The van der Waals surface area contributed by atoms with E-state index >= 15 is 0 Å². The summed E-state index contributed by atoms with van der Waals surface area (Å²) in [6.45, 7) is 6.02. The van der Waals surface area contributed by atoms with Crippen LogP contribution in [0.5, 0.6) is 0 Å². The van der Waals surface area contributed by atoms with Crippen LogP contribution in [-0.4, -0.2) is 24.9 Å². The van der Waals surface area contributed by atoms with E-state index in [9.17, 15) is 9.59 Å². The number of hydrogen-bond acceptors (Lipinski definition) is 3. The van der Waals surface area contributed by atoms with Crippen molar-refractivity contribution in [2.45, 2.75) is 13.8 Å². The zero-order chi connectivity index (χ0) is 19.6. The first-order chi connectivity index (χ1) is 12.9. The van der Waals surface area contributed by atoms with Crippen molar-refractivity contribution in [3.63, 3.8) is 0 Å². The number of hydrazine groups is 1. The first kappa shape index (κ1) is 19.3. The molecule has 0 spiro atoms. The maximum atomic E-state index is 12.7. The predicted octanol–water partition coefficient (Wildman–Crippen LogP) is 4.30. The van der Waals surface area contributed by atoms with Gasteiger partial charge in [0.2, 0.25) is 0 Å². The molecule has 0 radical (unpaired) electrons. The fraction of sp³-hybridized carbons (Fsp3) is 0.200. The quantitative estimate of drug-likeness (QED) is 0.597. The molecule has 2 aromatic rings. The Hall–Kier alpha value is -2.50. The highest BCUT2D eigenvalue weighted by Gasteiger charge is 2.34. The molecule has 7 heteroatoms. The van der Waals surface area contributed by atoms with E-state index in [4.69, 9.17) is 23.2 Å². The van der Waals surface area contributed by atoms with Crippen LogP contribution in [0.15, 0.2) is 48.0 Å². The van der Waals surface area contributed by atoms with Crippen molar-refractivity contribution in [1.29, 1.82) is 0 Å². The number of carbonyl (C=O) groups excluding carboxylic acids is 2. The summed E-state index contributed by atoms with van der Waals surface area (Å²) in [5, 5.41) is 1.85. The number of carbonyl (C=O) groups is 2. The second kappa shape index (κ2) is 8.03. The second-order valence-electron chi connectivity index (χ2n) is 6.00. The molecule has 140 valence electrons. The van der Waals surface area contributed by atoms with Crippen LogP contribution in [0.1, 0.15) is 19.4 Å². The van der Waals surface area contributed by atoms with E-state index in [1.165, 1.54) is 11.1 Å². The van der Waals surface area contributed by atoms with Gasteiger partial charge in [-0.2, -0.15) is 0 Å². The molecule has 0 saturated carbocycles. The first-order valence-corrected chi connectivity index (χ1v) is 9.37. The smallest absolute Gasteiger partial charge is 0.282 e. The molecule has 0 unspecified atom stereocenters. The number of hydrogen-bond donors (Lipinski definition) is 1. The van der Waals surface area contributed by atoms with Crippen molar-refractivity contribution < 1.29 is 9.59 Å². The molecule has 1 saturated heterocycles. The Bertz CT molecular complexity index is 906. The third kappa shape index (κ3) is 3.94. The summed E-state index contributed by atoms with van der Waals surface area (Å²) in [7, 11) is 0. The number of rotatable bonds is 5. The summed E-state index contributed by atoms with van der Waals surface area (Å²) in [5.74, 6) is -0.898. The SMILES string of the molecule is CCN(CC)c1ccc(C=C2C(=O)NN(c3ccc(Cl)c(Cl)c3)C2=O)cc1. The monoisotopic (exact) mass is 403 g/mol. The highest BCUT2D eigenvalue weighted by atomic mass is 35.5. The predicted molar refractivity (Wildman–Crippen MR) is 110 cm³/mol. The lowest BCUT2D eigenvalue weighted by molar-refractivity contribution is -0.117. The van der Waals surface area contributed by atoms with Crippen molar-refractivity contribution in [3.05, 3.63) is 63.6 Å². The van der Waals surface area contributed by atoms with E-state index in [0.29, 0.717) is 15.7 Å². The van der Waals surface area contributed by atoms with Crippen LogP contribution < -0.4 is 15.3 Å². The minimum Gasteiger partial charge on any atom is -0.372 e. The lowest BCUT2D eigenvalue weighted by Gasteiger charge is -2.20. The molecular formula is C20H19Cl2N3O2. The summed E-state index contributed by atoms with van der Waals surface area (Å²) < 4.78 is 0. The van der Waals surface area contributed by atoms with Gasteiger partial charge in [0.05, 0.1) is 15.7 Å². The highest BCUT2D eigenvalue weighted by molar-refractivity contribution is 6.42. The van der Waals surface area contributed by atoms with E-state index in [1.54, 1.807) is 18.2 Å². The van der Waals surface area contributed by atoms with E-state index < -0.39 is 11.8 Å². The van der Waals surface area contributed by atoms with Crippen molar-refractivity contribution in [2.24, 2.45) is 0 Å². The second-order valence-corrected chi connectivity index (χ2v) is 6.82. The highest BCUT2D eigenvalue weighted by Crippen LogP contribution is 2.29. The van der Waals surface area contributed by atoms with E-state index in [1.807, 2.05) is 24.3 Å². The Morgan fingerprint density at radius 3 is 2.26 bits per heavy atom. The maximum Gasteiger partial charge on any atom is 0.282 e. The number of benzene rings is 2. The lowest BCUT2D eigenvalue weighted by atomic mass is 10.1. The molecule has 1 aliphatic rings. The fourth-order valence-corrected chi connectivity index (χ4v) is 3.19. The largest absolute Gasteiger partial charge is 0.372 e. The van der Waals surface area contributed by atoms with Gasteiger partial charge in [-0.15, -0.1) is 0 Å². The molecule has 2 amide bonds. The number of anilines is 2. The Morgan fingerprint density at radius 2 is 1.67 bits per heavy atom. The number of amides is 2. The molecule has 5 nitrogen and oxygen atoms in total. The zero-order valence-electron chi connectivity index (χ0n) is 15.0. The van der Waals surface area contributed by atoms with Crippen LogP contribution in [0.2, 0.25) is 10.0 Å². The van der Waals surface area contributed by atoms with Crippen LogP contribution in [0.25, 0.3) is 6.08 Å². The first-order valence-electron chi connectivity index (χ1n) is 8.61.